The Morgan fingerprint density at radius 2 is 1.75 bits per heavy atom. The molecule has 0 spiro atoms. The third kappa shape index (κ3) is 6.57. The van der Waals surface area contributed by atoms with E-state index in [0.29, 0.717) is 25.7 Å². The van der Waals surface area contributed by atoms with E-state index < -0.39 is 0 Å². The Morgan fingerprint density at radius 3 is 2.29 bits per heavy atom. The molecular formula is C18H29ClN2O3. The molecule has 6 heteroatoms. The van der Waals surface area contributed by atoms with Crippen LogP contribution in [0.3, 0.4) is 0 Å². The number of hydrogen-bond acceptors (Lipinski definition) is 4. The fourth-order valence-corrected chi connectivity index (χ4v) is 2.79. The van der Waals surface area contributed by atoms with Gasteiger partial charge < -0.3 is 19.7 Å². The van der Waals surface area contributed by atoms with Crippen molar-refractivity contribution in [2.24, 2.45) is 0 Å². The van der Waals surface area contributed by atoms with E-state index in [1.54, 1.807) is 0 Å². The number of piperidine rings is 1. The minimum atomic E-state index is 0. The number of carbonyl (C=O) groups excluding carboxylic acids is 1. The first kappa shape index (κ1) is 20.6. The van der Waals surface area contributed by atoms with E-state index in [9.17, 15) is 4.79 Å². The fourth-order valence-electron chi connectivity index (χ4n) is 2.79. The van der Waals surface area contributed by atoms with Crippen molar-refractivity contribution >= 4 is 18.3 Å². The van der Waals surface area contributed by atoms with Gasteiger partial charge in [-0.15, -0.1) is 12.4 Å². The van der Waals surface area contributed by atoms with Gasteiger partial charge in [-0.2, -0.15) is 0 Å². The summed E-state index contributed by atoms with van der Waals surface area (Å²) in [7, 11) is 1.99. The third-order valence-electron chi connectivity index (χ3n) is 4.19. The Bertz CT molecular complexity index is 474. The molecule has 0 saturated carbocycles. The number of rotatable bonds is 8. The highest BCUT2D eigenvalue weighted by Crippen LogP contribution is 2.18. The molecule has 0 aromatic heterocycles. The predicted octanol–water partition coefficient (Wildman–Crippen LogP) is 2.88. The first-order valence-electron chi connectivity index (χ1n) is 8.53. The summed E-state index contributed by atoms with van der Waals surface area (Å²) in [6.45, 7) is 4.91. The van der Waals surface area contributed by atoms with Gasteiger partial charge in [0.05, 0.1) is 13.2 Å². The number of amides is 1. The first-order valence-corrected chi connectivity index (χ1v) is 8.53. The van der Waals surface area contributed by atoms with Crippen LogP contribution in [0, 0.1) is 0 Å². The molecule has 1 saturated heterocycles. The lowest BCUT2D eigenvalue weighted by Gasteiger charge is -2.31. The maximum absolute atomic E-state index is 12.2. The van der Waals surface area contributed by atoms with Crippen LogP contribution in [-0.2, 0) is 4.79 Å². The number of likely N-dealkylation sites (tertiary alicyclic amines) is 1. The smallest absolute Gasteiger partial charge is 0.222 e. The average molecular weight is 357 g/mol. The summed E-state index contributed by atoms with van der Waals surface area (Å²) in [6.07, 6.45) is 3.40. The highest BCUT2D eigenvalue weighted by atomic mass is 35.5. The van der Waals surface area contributed by atoms with E-state index in [4.69, 9.17) is 9.47 Å². The Kier molecular flexibility index (Phi) is 9.57. The van der Waals surface area contributed by atoms with Gasteiger partial charge in [0.1, 0.15) is 11.5 Å². The van der Waals surface area contributed by atoms with Crippen molar-refractivity contribution in [3.63, 3.8) is 0 Å². The molecule has 0 atom stereocenters. The number of halogens is 1. The summed E-state index contributed by atoms with van der Waals surface area (Å²) in [4.78, 5) is 14.1. The van der Waals surface area contributed by atoms with Crippen LogP contribution in [0.5, 0.6) is 11.5 Å². The molecule has 1 heterocycles. The van der Waals surface area contributed by atoms with Gasteiger partial charge in [-0.25, -0.2) is 0 Å². The van der Waals surface area contributed by atoms with Crippen molar-refractivity contribution in [1.29, 1.82) is 0 Å². The minimum Gasteiger partial charge on any atom is -0.494 e. The normalized spacial score (nSPS) is 14.8. The van der Waals surface area contributed by atoms with Crippen LogP contribution in [0.25, 0.3) is 0 Å². The van der Waals surface area contributed by atoms with Crippen LogP contribution in [0.4, 0.5) is 0 Å². The van der Waals surface area contributed by atoms with Crippen LogP contribution in [0.2, 0.25) is 0 Å². The van der Waals surface area contributed by atoms with E-state index in [0.717, 1.165) is 43.9 Å². The van der Waals surface area contributed by atoms with Crippen molar-refractivity contribution in [2.75, 3.05) is 33.4 Å². The van der Waals surface area contributed by atoms with E-state index >= 15 is 0 Å². The van der Waals surface area contributed by atoms with Gasteiger partial charge in [0, 0.05) is 25.6 Å². The molecule has 1 aliphatic rings. The van der Waals surface area contributed by atoms with Crippen molar-refractivity contribution in [1.82, 2.24) is 10.2 Å². The van der Waals surface area contributed by atoms with E-state index in [1.807, 2.05) is 43.1 Å². The molecule has 2 rings (SSSR count). The first-order chi connectivity index (χ1) is 11.2. The zero-order valence-corrected chi connectivity index (χ0v) is 15.4. The molecular weight excluding hydrogens is 328 g/mol. The molecule has 0 radical (unpaired) electrons. The van der Waals surface area contributed by atoms with Gasteiger partial charge in [-0.3, -0.25) is 4.79 Å². The molecule has 0 bridgehead atoms. The molecule has 0 unspecified atom stereocenters. The molecule has 24 heavy (non-hydrogen) atoms. The Morgan fingerprint density at radius 1 is 1.17 bits per heavy atom. The number of benzene rings is 1. The number of nitrogens with one attached hydrogen (secondary N) is 1. The van der Waals surface area contributed by atoms with Gasteiger partial charge in [0.15, 0.2) is 0 Å². The summed E-state index contributed by atoms with van der Waals surface area (Å²) >= 11 is 0. The minimum absolute atomic E-state index is 0. The molecule has 0 aliphatic carbocycles. The maximum atomic E-state index is 12.2. The summed E-state index contributed by atoms with van der Waals surface area (Å²) in [5.74, 6) is 1.91. The highest BCUT2D eigenvalue weighted by Gasteiger charge is 2.21. The molecule has 1 fully saturated rings. The topological polar surface area (TPSA) is 50.8 Å². The zero-order chi connectivity index (χ0) is 16.5. The van der Waals surface area contributed by atoms with Crippen LogP contribution in [0.1, 0.15) is 32.6 Å². The number of hydrogen-bond donors (Lipinski definition) is 1. The molecule has 1 amide bonds. The van der Waals surface area contributed by atoms with Gasteiger partial charge >= 0.3 is 0 Å². The quantitative estimate of drug-likeness (QED) is 0.728. The van der Waals surface area contributed by atoms with Gasteiger partial charge in [0.2, 0.25) is 5.91 Å². The monoisotopic (exact) mass is 356 g/mol. The standard InChI is InChI=1S/C18H28N2O3.ClH/c1-3-22-16-6-8-17(9-7-16)23-14-4-5-18(21)20-12-10-15(19-2)11-13-20;/h6-9,15,19H,3-5,10-14H2,1-2H3;1H. The Hall–Kier alpha value is -1.46. The predicted molar refractivity (Wildman–Crippen MR) is 98.2 cm³/mol. The van der Waals surface area contributed by atoms with E-state index in [1.165, 1.54) is 0 Å². The molecule has 1 aromatic rings. The maximum Gasteiger partial charge on any atom is 0.222 e. The Labute approximate surface area is 151 Å². The summed E-state index contributed by atoms with van der Waals surface area (Å²) < 4.78 is 11.1. The second kappa shape index (κ2) is 11.2. The van der Waals surface area contributed by atoms with Gasteiger partial charge in [-0.05, 0) is 57.5 Å². The van der Waals surface area contributed by atoms with Crippen LogP contribution in [-0.4, -0.2) is 50.2 Å². The van der Waals surface area contributed by atoms with Crippen LogP contribution in [0.15, 0.2) is 24.3 Å². The largest absolute Gasteiger partial charge is 0.494 e. The number of carbonyl (C=O) groups is 1. The molecule has 1 aromatic carbocycles. The lowest BCUT2D eigenvalue weighted by atomic mass is 10.0. The number of nitrogens with zero attached hydrogens (tertiary/aromatic N) is 1. The molecule has 5 nitrogen and oxygen atoms in total. The second-order valence-electron chi connectivity index (χ2n) is 5.80. The average Bonchev–Trinajstić information content (AvgIpc) is 2.60. The Balaban J connectivity index is 0.00000288. The number of ether oxygens (including phenoxy) is 2. The molecule has 1 aliphatic heterocycles. The third-order valence-corrected chi connectivity index (χ3v) is 4.19. The van der Waals surface area contributed by atoms with E-state index in [-0.39, 0.29) is 18.3 Å². The summed E-state index contributed by atoms with van der Waals surface area (Å²) in [5.41, 5.74) is 0. The van der Waals surface area contributed by atoms with Gasteiger partial charge in [-0.1, -0.05) is 0 Å². The summed E-state index contributed by atoms with van der Waals surface area (Å²) in [6, 6.07) is 8.15. The highest BCUT2D eigenvalue weighted by molar-refractivity contribution is 5.85. The zero-order valence-electron chi connectivity index (χ0n) is 14.6. The van der Waals surface area contributed by atoms with Crippen molar-refractivity contribution in [3.8, 4) is 11.5 Å². The van der Waals surface area contributed by atoms with Crippen molar-refractivity contribution < 1.29 is 14.3 Å². The molecule has 1 N–H and O–H groups in total. The van der Waals surface area contributed by atoms with Crippen molar-refractivity contribution in [2.45, 2.75) is 38.6 Å². The van der Waals surface area contributed by atoms with Crippen LogP contribution < -0.4 is 14.8 Å². The SMILES string of the molecule is CCOc1ccc(OCCCC(=O)N2CCC(NC)CC2)cc1.Cl. The van der Waals surface area contributed by atoms with Gasteiger partial charge in [0.25, 0.3) is 0 Å². The van der Waals surface area contributed by atoms with Crippen molar-refractivity contribution in [3.05, 3.63) is 24.3 Å². The second-order valence-corrected chi connectivity index (χ2v) is 5.80. The lowest BCUT2D eigenvalue weighted by Crippen LogP contribution is -2.43. The van der Waals surface area contributed by atoms with E-state index in [2.05, 4.69) is 5.32 Å². The molecule has 136 valence electrons. The lowest BCUT2D eigenvalue weighted by molar-refractivity contribution is -0.132. The van der Waals surface area contributed by atoms with Crippen LogP contribution >= 0.6 is 12.4 Å². The summed E-state index contributed by atoms with van der Waals surface area (Å²) in [5, 5.41) is 3.28. The fraction of sp³-hybridized carbons (Fsp3) is 0.611.